The molecule has 2 aliphatic heterocycles. The number of rotatable bonds is 7. The number of methoxy groups -OCH3 is 2. The summed E-state index contributed by atoms with van der Waals surface area (Å²) in [5.41, 5.74) is 5.08. The van der Waals surface area contributed by atoms with Gasteiger partial charge in [-0.1, -0.05) is 17.7 Å². The van der Waals surface area contributed by atoms with E-state index in [1.807, 2.05) is 18.2 Å². The molecule has 37 heavy (non-hydrogen) atoms. The summed E-state index contributed by atoms with van der Waals surface area (Å²) >= 11 is 0. The lowest BCUT2D eigenvalue weighted by Crippen LogP contribution is -2.51. The Labute approximate surface area is 218 Å². The molecule has 0 aliphatic carbocycles. The Morgan fingerprint density at radius 2 is 1.76 bits per heavy atom. The van der Waals surface area contributed by atoms with Crippen LogP contribution in [-0.4, -0.2) is 86.1 Å². The predicted octanol–water partition coefficient (Wildman–Crippen LogP) is 3.77. The van der Waals surface area contributed by atoms with Gasteiger partial charge in [0.25, 0.3) is 5.91 Å². The van der Waals surface area contributed by atoms with Crippen molar-refractivity contribution in [2.75, 3.05) is 53.6 Å². The summed E-state index contributed by atoms with van der Waals surface area (Å²) in [6.45, 7) is 8.74. The van der Waals surface area contributed by atoms with Crippen LogP contribution in [0.2, 0.25) is 0 Å². The number of hydrazone groups is 1. The summed E-state index contributed by atoms with van der Waals surface area (Å²) in [5, 5.41) is 6.48. The summed E-state index contributed by atoms with van der Waals surface area (Å²) in [7, 11) is 3.23. The lowest BCUT2D eigenvalue weighted by molar-refractivity contribution is -0.134. The van der Waals surface area contributed by atoms with Crippen LogP contribution in [0.15, 0.2) is 41.5 Å². The minimum Gasteiger partial charge on any atom is -0.497 e. The third kappa shape index (κ3) is 5.88. The van der Waals surface area contributed by atoms with Crippen molar-refractivity contribution in [2.24, 2.45) is 5.10 Å². The molecule has 1 fully saturated rings. The van der Waals surface area contributed by atoms with Gasteiger partial charge < -0.3 is 19.1 Å². The van der Waals surface area contributed by atoms with Gasteiger partial charge in [-0.05, 0) is 44.5 Å². The summed E-state index contributed by atoms with van der Waals surface area (Å²) in [6.07, 6.45) is 0.275. The molecule has 2 amide bonds. The van der Waals surface area contributed by atoms with Gasteiger partial charge in [0.2, 0.25) is 0 Å². The molecule has 0 N–H and O–H groups in total. The second-order valence-corrected chi connectivity index (χ2v) is 9.39. The highest BCUT2D eigenvalue weighted by Crippen LogP contribution is 2.39. The SMILES string of the molecule is CCOC(=O)N1CCN(CC(=O)N2N=C(c3cc(C)ccc3C)C[C@@H]2c2ccc(OC)cc2OC)CC1. The monoisotopic (exact) mass is 508 g/mol. The number of carbonyl (C=O) groups excluding carboxylic acids is 2. The van der Waals surface area contributed by atoms with Gasteiger partial charge in [-0.2, -0.15) is 5.10 Å². The van der Waals surface area contributed by atoms with Crippen LogP contribution in [0.25, 0.3) is 0 Å². The van der Waals surface area contributed by atoms with Gasteiger partial charge in [0.15, 0.2) is 0 Å². The Balaban J connectivity index is 1.58. The fourth-order valence-corrected chi connectivity index (χ4v) is 4.85. The van der Waals surface area contributed by atoms with Gasteiger partial charge in [0.1, 0.15) is 11.5 Å². The number of aryl methyl sites for hydroxylation is 2. The van der Waals surface area contributed by atoms with Crippen molar-refractivity contribution in [2.45, 2.75) is 33.2 Å². The number of hydrogen-bond acceptors (Lipinski definition) is 7. The molecule has 0 bridgehead atoms. The summed E-state index contributed by atoms with van der Waals surface area (Å²) < 4.78 is 16.2. The van der Waals surface area contributed by atoms with E-state index in [0.717, 1.165) is 28.0 Å². The molecule has 0 saturated carbocycles. The fourth-order valence-electron chi connectivity index (χ4n) is 4.85. The van der Waals surface area contributed by atoms with E-state index in [0.29, 0.717) is 50.7 Å². The standard InChI is InChI=1S/C28H36N4O5/c1-6-37-28(34)31-13-11-30(12-14-31)18-27(33)32-25(22-10-9-21(35-4)16-26(22)36-5)17-24(29-32)23-15-19(2)7-8-20(23)3/h7-10,15-16,25H,6,11-14,17-18H2,1-5H3/t25-/m1/s1. The molecule has 2 aromatic carbocycles. The zero-order chi connectivity index (χ0) is 26.5. The molecule has 0 radical (unpaired) electrons. The Morgan fingerprint density at radius 1 is 1.00 bits per heavy atom. The fraction of sp³-hybridized carbons (Fsp3) is 0.464. The van der Waals surface area contributed by atoms with Gasteiger partial charge in [-0.3, -0.25) is 9.69 Å². The highest BCUT2D eigenvalue weighted by molar-refractivity contribution is 6.04. The van der Waals surface area contributed by atoms with Crippen LogP contribution in [0.3, 0.4) is 0 Å². The highest BCUT2D eigenvalue weighted by Gasteiger charge is 2.36. The molecule has 1 atom stereocenters. The first-order chi connectivity index (χ1) is 17.8. The average molecular weight is 509 g/mol. The van der Waals surface area contributed by atoms with Crippen molar-refractivity contribution in [1.82, 2.24) is 14.8 Å². The van der Waals surface area contributed by atoms with Crippen molar-refractivity contribution in [1.29, 1.82) is 0 Å². The van der Waals surface area contributed by atoms with Crippen LogP contribution < -0.4 is 9.47 Å². The summed E-state index contributed by atoms with van der Waals surface area (Å²) in [6, 6.07) is 11.7. The molecular weight excluding hydrogens is 472 g/mol. The van der Waals surface area contributed by atoms with Gasteiger partial charge in [-0.25, -0.2) is 9.80 Å². The van der Waals surface area contributed by atoms with E-state index in [1.165, 1.54) is 0 Å². The maximum atomic E-state index is 13.7. The highest BCUT2D eigenvalue weighted by atomic mass is 16.6. The molecule has 1 saturated heterocycles. The van der Waals surface area contributed by atoms with E-state index in [2.05, 4.69) is 36.9 Å². The number of amides is 2. The van der Waals surface area contributed by atoms with E-state index in [-0.39, 0.29) is 24.6 Å². The first kappa shape index (κ1) is 26.5. The molecule has 198 valence electrons. The Bertz CT molecular complexity index is 1170. The third-order valence-corrected chi connectivity index (χ3v) is 6.93. The van der Waals surface area contributed by atoms with Gasteiger partial charge in [-0.15, -0.1) is 0 Å². The normalized spacial score (nSPS) is 18.0. The maximum absolute atomic E-state index is 13.7. The molecule has 2 heterocycles. The van der Waals surface area contributed by atoms with Crippen LogP contribution in [0.4, 0.5) is 4.79 Å². The second-order valence-electron chi connectivity index (χ2n) is 9.39. The number of hydrogen-bond donors (Lipinski definition) is 0. The number of piperazine rings is 1. The van der Waals surface area contributed by atoms with Gasteiger partial charge in [0, 0.05) is 49.8 Å². The molecule has 2 aromatic rings. The van der Waals surface area contributed by atoms with E-state index >= 15 is 0 Å². The quantitative estimate of drug-likeness (QED) is 0.566. The van der Waals surface area contributed by atoms with Gasteiger partial charge >= 0.3 is 6.09 Å². The van der Waals surface area contributed by atoms with Crippen molar-refractivity contribution < 1.29 is 23.8 Å². The van der Waals surface area contributed by atoms with Crippen molar-refractivity contribution in [3.63, 3.8) is 0 Å². The smallest absolute Gasteiger partial charge is 0.409 e. The van der Waals surface area contributed by atoms with Crippen LogP contribution in [0, 0.1) is 13.8 Å². The molecular formula is C28H36N4O5. The van der Waals surface area contributed by atoms with Gasteiger partial charge in [0.05, 0.1) is 39.1 Å². The van der Waals surface area contributed by atoms with Crippen LogP contribution in [0.1, 0.15) is 41.6 Å². The van der Waals surface area contributed by atoms with Crippen molar-refractivity contribution in [3.8, 4) is 11.5 Å². The maximum Gasteiger partial charge on any atom is 0.409 e. The number of nitrogens with zero attached hydrogens (tertiary/aromatic N) is 4. The second kappa shape index (κ2) is 11.6. The topological polar surface area (TPSA) is 83.9 Å². The van der Waals surface area contributed by atoms with E-state index in [4.69, 9.17) is 19.3 Å². The minimum absolute atomic E-state index is 0.0900. The molecule has 0 unspecified atom stereocenters. The Morgan fingerprint density at radius 3 is 2.43 bits per heavy atom. The van der Waals surface area contributed by atoms with Crippen LogP contribution in [-0.2, 0) is 9.53 Å². The van der Waals surface area contributed by atoms with Crippen molar-refractivity contribution in [3.05, 3.63) is 58.7 Å². The molecule has 0 spiro atoms. The molecule has 9 heteroatoms. The zero-order valence-corrected chi connectivity index (χ0v) is 22.3. The van der Waals surface area contributed by atoms with E-state index in [1.54, 1.807) is 31.1 Å². The average Bonchev–Trinajstić information content (AvgIpc) is 3.35. The molecule has 2 aliphatic rings. The summed E-state index contributed by atoms with van der Waals surface area (Å²) in [4.78, 5) is 29.5. The Hall–Kier alpha value is -3.59. The van der Waals surface area contributed by atoms with Crippen LogP contribution in [0.5, 0.6) is 11.5 Å². The number of benzene rings is 2. The third-order valence-electron chi connectivity index (χ3n) is 6.93. The van der Waals surface area contributed by atoms with E-state index in [9.17, 15) is 9.59 Å². The Kier molecular flexibility index (Phi) is 8.33. The first-order valence-electron chi connectivity index (χ1n) is 12.7. The number of carbonyl (C=O) groups is 2. The zero-order valence-electron chi connectivity index (χ0n) is 22.3. The first-order valence-corrected chi connectivity index (χ1v) is 12.7. The van der Waals surface area contributed by atoms with Crippen molar-refractivity contribution >= 4 is 17.7 Å². The molecule has 0 aromatic heterocycles. The lowest BCUT2D eigenvalue weighted by atomic mass is 9.94. The minimum atomic E-state index is -0.303. The largest absolute Gasteiger partial charge is 0.497 e. The predicted molar refractivity (Wildman–Crippen MR) is 141 cm³/mol. The summed E-state index contributed by atoms with van der Waals surface area (Å²) in [5.74, 6) is 1.25. The number of ether oxygens (including phenoxy) is 3. The van der Waals surface area contributed by atoms with E-state index < -0.39 is 0 Å². The molecule has 9 nitrogen and oxygen atoms in total. The molecule has 4 rings (SSSR count). The lowest BCUT2D eigenvalue weighted by Gasteiger charge is -2.34. The van der Waals surface area contributed by atoms with Crippen LogP contribution >= 0.6 is 0 Å².